The Labute approximate surface area is 358 Å². The summed E-state index contributed by atoms with van der Waals surface area (Å²) in [5.41, 5.74) is 0. The molecule has 0 radical (unpaired) electrons. The summed E-state index contributed by atoms with van der Waals surface area (Å²) in [6.45, 7) is 3.03. The molecule has 0 aromatic heterocycles. The van der Waals surface area contributed by atoms with Gasteiger partial charge in [-0.1, -0.05) is 150 Å². The number of allylic oxidation sites excluding steroid dienone is 16. The van der Waals surface area contributed by atoms with Gasteiger partial charge in [0.2, 0.25) is 0 Å². The van der Waals surface area contributed by atoms with Crippen LogP contribution in [0.25, 0.3) is 0 Å². The van der Waals surface area contributed by atoms with Crippen LogP contribution >= 0.6 is 7.82 Å². The van der Waals surface area contributed by atoms with E-state index in [1.165, 1.54) is 19.3 Å². The third kappa shape index (κ3) is 27.6. The molecule has 0 aromatic carbocycles. The quantitative estimate of drug-likeness (QED) is 0.0161. The van der Waals surface area contributed by atoms with Gasteiger partial charge in [-0.2, -0.15) is 0 Å². The number of carbonyl (C=O) groups excluding carboxylic acids is 2. The predicted octanol–water partition coefficient (Wildman–Crippen LogP) is 7.88. The lowest BCUT2D eigenvalue weighted by atomic mass is 9.85. The second-order valence-electron chi connectivity index (χ2n) is 14.6. The van der Waals surface area contributed by atoms with Crippen LogP contribution in [0.15, 0.2) is 97.2 Å². The molecule has 0 heterocycles. The molecule has 1 rings (SSSR count). The smallest absolute Gasteiger partial charge is 0.462 e. The van der Waals surface area contributed by atoms with Crippen molar-refractivity contribution in [2.24, 2.45) is 0 Å². The molecule has 0 aliphatic heterocycles. The molecule has 0 bridgehead atoms. The number of phosphoric acid groups is 1. The number of esters is 2. The second kappa shape index (κ2) is 35.4. The van der Waals surface area contributed by atoms with Gasteiger partial charge in [-0.05, 0) is 57.8 Å². The van der Waals surface area contributed by atoms with Crippen molar-refractivity contribution in [2.75, 3.05) is 13.2 Å². The van der Waals surface area contributed by atoms with Crippen molar-refractivity contribution in [1.29, 1.82) is 0 Å². The predicted molar refractivity (Wildman–Crippen MR) is 234 cm³/mol. The van der Waals surface area contributed by atoms with E-state index in [4.69, 9.17) is 18.5 Å². The van der Waals surface area contributed by atoms with Gasteiger partial charge in [0.15, 0.2) is 6.10 Å². The number of ether oxygens (including phenoxy) is 2. The van der Waals surface area contributed by atoms with Crippen LogP contribution in [0.2, 0.25) is 0 Å². The fraction of sp³-hybridized carbons (Fsp3) is 0.609. The van der Waals surface area contributed by atoms with Crippen LogP contribution in [-0.2, 0) is 32.7 Å². The lowest BCUT2D eigenvalue weighted by molar-refractivity contribution is -0.220. The van der Waals surface area contributed by atoms with Gasteiger partial charge in [0.1, 0.15) is 43.2 Å². The number of phosphoric ester groups is 1. The van der Waals surface area contributed by atoms with Crippen LogP contribution in [0.1, 0.15) is 123 Å². The Morgan fingerprint density at radius 2 is 0.950 bits per heavy atom. The third-order valence-electron chi connectivity index (χ3n) is 9.35. The first kappa shape index (κ1) is 54.8. The number of hydrogen-bond donors (Lipinski definition) is 6. The zero-order chi connectivity index (χ0) is 44.3. The number of hydrogen-bond acceptors (Lipinski definition) is 12. The Kier molecular flexibility index (Phi) is 32.3. The summed E-state index contributed by atoms with van der Waals surface area (Å²) in [4.78, 5) is 35.6. The van der Waals surface area contributed by atoms with Crippen LogP contribution in [0.5, 0.6) is 0 Å². The van der Waals surface area contributed by atoms with Gasteiger partial charge in [-0.25, -0.2) is 4.57 Å². The number of aliphatic hydroxyl groups excluding tert-OH is 5. The van der Waals surface area contributed by atoms with E-state index in [1.807, 2.05) is 72.9 Å². The molecule has 14 heteroatoms. The van der Waals surface area contributed by atoms with Crippen molar-refractivity contribution in [3.05, 3.63) is 97.2 Å². The molecule has 1 fully saturated rings. The van der Waals surface area contributed by atoms with Gasteiger partial charge >= 0.3 is 19.8 Å². The Balaban J connectivity index is 2.54. The highest BCUT2D eigenvalue weighted by atomic mass is 31.2. The molecule has 0 spiro atoms. The van der Waals surface area contributed by atoms with Crippen molar-refractivity contribution in [3.63, 3.8) is 0 Å². The molecule has 60 heavy (non-hydrogen) atoms. The monoisotopic (exact) mass is 864 g/mol. The Morgan fingerprint density at radius 1 is 0.533 bits per heavy atom. The third-order valence-corrected chi connectivity index (χ3v) is 10.3. The molecule has 1 aliphatic rings. The number of carbonyl (C=O) groups is 2. The highest BCUT2D eigenvalue weighted by Gasteiger charge is 2.51. The molecule has 7 unspecified atom stereocenters. The summed E-state index contributed by atoms with van der Waals surface area (Å²) in [5, 5.41) is 50.1. The van der Waals surface area contributed by atoms with Gasteiger partial charge in [0.25, 0.3) is 0 Å². The molecule has 0 aromatic rings. The Morgan fingerprint density at radius 3 is 1.47 bits per heavy atom. The maximum Gasteiger partial charge on any atom is 0.472 e. The summed E-state index contributed by atoms with van der Waals surface area (Å²) in [6.07, 6.45) is 33.2. The minimum atomic E-state index is -5.14. The summed E-state index contributed by atoms with van der Waals surface area (Å²) in [5.74, 6) is -1.19. The molecule has 1 saturated carbocycles. The van der Waals surface area contributed by atoms with Crippen molar-refractivity contribution < 1.29 is 63.1 Å². The van der Waals surface area contributed by atoms with Crippen molar-refractivity contribution in [3.8, 4) is 0 Å². The standard InChI is InChI=1S/C46H73O13P/c1-3-5-7-9-11-13-15-17-18-19-20-21-23-24-26-28-30-32-34-39(47)56-36-38(37-57-60(54,55)59-46-44(52)42(50)41(49)43(51)45(46)53)58-40(48)35-33-31-29-27-25-22-16-14-12-10-8-6-4-2/h6,8,10-22,25,38,41-46,49-53H,3-5,7,9,23-24,26-37H2,1-2H3,(H,54,55)/b8-6+,12-10+,13-11+,16-14+,17-15+,19-18+,21-20+,25-22+/t38?,41?,42-,43?,44?,45?,46?/m0/s1. The van der Waals surface area contributed by atoms with E-state index in [-0.39, 0.29) is 12.8 Å². The summed E-state index contributed by atoms with van der Waals surface area (Å²) >= 11 is 0. The zero-order valence-corrected chi connectivity index (χ0v) is 36.6. The van der Waals surface area contributed by atoms with Crippen molar-refractivity contribution in [2.45, 2.75) is 166 Å². The molecule has 1 aliphatic carbocycles. The van der Waals surface area contributed by atoms with Crippen LogP contribution in [0, 0.1) is 0 Å². The second-order valence-corrected chi connectivity index (χ2v) is 16.1. The number of rotatable bonds is 33. The average Bonchev–Trinajstić information content (AvgIpc) is 3.23. The summed E-state index contributed by atoms with van der Waals surface area (Å²) in [7, 11) is -5.14. The van der Waals surface area contributed by atoms with Crippen molar-refractivity contribution >= 4 is 19.8 Å². The molecule has 0 amide bonds. The fourth-order valence-corrected chi connectivity index (χ4v) is 6.81. The van der Waals surface area contributed by atoms with Crippen molar-refractivity contribution in [1.82, 2.24) is 0 Å². The topological polar surface area (TPSA) is 210 Å². The molecular formula is C46H73O13P. The number of unbranched alkanes of at least 4 members (excludes halogenated alkanes) is 11. The van der Waals surface area contributed by atoms with E-state index in [0.717, 1.165) is 64.2 Å². The highest BCUT2D eigenvalue weighted by Crippen LogP contribution is 2.47. The maximum absolute atomic E-state index is 12.8. The molecule has 13 nitrogen and oxygen atoms in total. The first-order valence-electron chi connectivity index (χ1n) is 21.6. The van der Waals surface area contributed by atoms with E-state index < -0.39 is 75.7 Å². The van der Waals surface area contributed by atoms with E-state index >= 15 is 0 Å². The van der Waals surface area contributed by atoms with Crippen LogP contribution < -0.4 is 0 Å². The molecular weight excluding hydrogens is 791 g/mol. The summed E-state index contributed by atoms with van der Waals surface area (Å²) < 4.78 is 33.4. The highest BCUT2D eigenvalue weighted by molar-refractivity contribution is 7.47. The van der Waals surface area contributed by atoms with Crippen LogP contribution in [-0.4, -0.2) is 98.3 Å². The van der Waals surface area contributed by atoms with Crippen LogP contribution in [0.3, 0.4) is 0 Å². The first-order valence-corrected chi connectivity index (χ1v) is 23.1. The Hall–Kier alpha value is -3.23. The summed E-state index contributed by atoms with van der Waals surface area (Å²) in [6, 6.07) is 0. The average molecular weight is 865 g/mol. The molecule has 6 N–H and O–H groups in total. The zero-order valence-electron chi connectivity index (χ0n) is 35.7. The van der Waals surface area contributed by atoms with Crippen LogP contribution in [0.4, 0.5) is 0 Å². The van der Waals surface area contributed by atoms with E-state index in [0.29, 0.717) is 12.8 Å². The lowest BCUT2D eigenvalue weighted by Gasteiger charge is -2.41. The fourth-order valence-electron chi connectivity index (χ4n) is 5.84. The molecule has 8 atom stereocenters. The van der Waals surface area contributed by atoms with E-state index in [1.54, 1.807) is 0 Å². The van der Waals surface area contributed by atoms with E-state index in [2.05, 4.69) is 38.2 Å². The van der Waals surface area contributed by atoms with E-state index in [9.17, 15) is 44.6 Å². The molecule has 340 valence electrons. The Bertz CT molecular complexity index is 1420. The van der Waals surface area contributed by atoms with Gasteiger partial charge in [0, 0.05) is 12.8 Å². The minimum Gasteiger partial charge on any atom is -0.462 e. The van der Waals surface area contributed by atoms with Gasteiger partial charge in [-0.3, -0.25) is 18.6 Å². The first-order chi connectivity index (χ1) is 28.9. The van der Waals surface area contributed by atoms with Gasteiger partial charge in [-0.15, -0.1) is 0 Å². The van der Waals surface area contributed by atoms with Gasteiger partial charge in [0.05, 0.1) is 6.61 Å². The lowest BCUT2D eigenvalue weighted by Crippen LogP contribution is -2.64. The largest absolute Gasteiger partial charge is 0.472 e. The normalized spacial score (nSPS) is 23.1. The minimum absolute atomic E-state index is 0.0386. The SMILES string of the molecule is CC/C=C/C=C/C=C/C=C/CCCCCC(=O)OC(COC(=O)CCCCCCC/C=C/C=C/C=C/C=C/CCCCC)COP(=O)(O)OC1C(O)C(O)C(O)[C@H](O)C1O. The maximum atomic E-state index is 12.8. The number of aliphatic hydroxyl groups is 5. The molecule has 0 saturated heterocycles. The van der Waals surface area contributed by atoms with Gasteiger partial charge < -0.3 is 39.9 Å².